The van der Waals surface area contributed by atoms with E-state index in [0.717, 1.165) is 71.1 Å². The minimum atomic E-state index is 0.578. The first kappa shape index (κ1) is 21.0. The molecule has 0 bridgehead atoms. The summed E-state index contributed by atoms with van der Waals surface area (Å²) in [5.74, 6) is 2.31. The molecule has 1 aliphatic heterocycles. The molecule has 4 aromatic rings. The molecule has 1 saturated heterocycles. The third kappa shape index (κ3) is 3.76. The zero-order valence-corrected chi connectivity index (χ0v) is 19.7. The van der Waals surface area contributed by atoms with Gasteiger partial charge in [-0.25, -0.2) is 9.97 Å². The van der Waals surface area contributed by atoms with Crippen LogP contribution in [0.25, 0.3) is 33.5 Å². The topological polar surface area (TPSA) is 92.8 Å². The summed E-state index contributed by atoms with van der Waals surface area (Å²) in [5.41, 5.74) is 14.2. The Labute approximate surface area is 199 Å². The van der Waals surface area contributed by atoms with Crippen molar-refractivity contribution in [3.63, 3.8) is 0 Å². The van der Waals surface area contributed by atoms with Crippen molar-refractivity contribution in [2.24, 2.45) is 0 Å². The van der Waals surface area contributed by atoms with E-state index in [-0.39, 0.29) is 0 Å². The molecule has 1 aromatic carbocycles. The number of fused-ring (bicyclic) bond motifs is 1. The highest BCUT2D eigenvalue weighted by Gasteiger charge is 2.29. The van der Waals surface area contributed by atoms with Crippen molar-refractivity contribution >= 4 is 22.4 Å². The summed E-state index contributed by atoms with van der Waals surface area (Å²) < 4.78 is 0. The van der Waals surface area contributed by atoms with E-state index < -0.39 is 0 Å². The summed E-state index contributed by atoms with van der Waals surface area (Å²) in [6.07, 6.45) is 8.17. The Kier molecular flexibility index (Phi) is 5.14. The van der Waals surface area contributed by atoms with Gasteiger partial charge in [0.2, 0.25) is 0 Å². The van der Waals surface area contributed by atoms with Crippen molar-refractivity contribution in [3.8, 4) is 22.6 Å². The molecule has 1 saturated carbocycles. The van der Waals surface area contributed by atoms with E-state index >= 15 is 0 Å². The number of hydrogen-bond acceptors (Lipinski definition) is 7. The molecular formula is C27H29N7. The third-order valence-corrected chi connectivity index (χ3v) is 6.94. The average molecular weight is 452 g/mol. The molecule has 0 radical (unpaired) electrons. The molecule has 3 N–H and O–H groups in total. The molecule has 3 aromatic heterocycles. The normalized spacial score (nSPS) is 16.2. The number of hydrogen-bond donors (Lipinski definition) is 2. The number of anilines is 2. The minimum Gasteiger partial charge on any atom is -0.398 e. The quantitative estimate of drug-likeness (QED) is 0.448. The van der Waals surface area contributed by atoms with E-state index in [2.05, 4.69) is 39.2 Å². The van der Waals surface area contributed by atoms with Crippen molar-refractivity contribution in [1.29, 1.82) is 0 Å². The highest BCUT2D eigenvalue weighted by atomic mass is 15.2. The summed E-state index contributed by atoms with van der Waals surface area (Å²) in [4.78, 5) is 21.8. The molecule has 172 valence electrons. The van der Waals surface area contributed by atoms with Gasteiger partial charge in [0.25, 0.3) is 0 Å². The van der Waals surface area contributed by atoms with Crippen molar-refractivity contribution in [2.75, 3.05) is 36.8 Å². The molecule has 7 heteroatoms. The van der Waals surface area contributed by atoms with Crippen LogP contribution in [0.5, 0.6) is 0 Å². The van der Waals surface area contributed by atoms with Gasteiger partial charge in [-0.1, -0.05) is 0 Å². The van der Waals surface area contributed by atoms with Crippen LogP contribution in [0.2, 0.25) is 0 Å². The Hall–Kier alpha value is -3.58. The molecule has 0 unspecified atom stereocenters. The highest BCUT2D eigenvalue weighted by molar-refractivity contribution is 5.94. The van der Waals surface area contributed by atoms with Crippen molar-refractivity contribution in [1.82, 2.24) is 25.3 Å². The highest BCUT2D eigenvalue weighted by Crippen LogP contribution is 2.45. The number of nitrogens with two attached hydrogens (primary N) is 1. The lowest BCUT2D eigenvalue weighted by atomic mass is 9.99. The van der Waals surface area contributed by atoms with Gasteiger partial charge in [-0.05, 0) is 73.6 Å². The zero-order chi connectivity index (χ0) is 23.2. The van der Waals surface area contributed by atoms with Crippen LogP contribution in [0.4, 0.5) is 11.5 Å². The van der Waals surface area contributed by atoms with Crippen LogP contribution < -0.4 is 16.0 Å². The number of aromatic nitrogens is 4. The van der Waals surface area contributed by atoms with Gasteiger partial charge in [-0.15, -0.1) is 0 Å². The van der Waals surface area contributed by atoms with Gasteiger partial charge in [0.05, 0.1) is 17.4 Å². The second-order valence-corrected chi connectivity index (χ2v) is 9.46. The Bertz CT molecular complexity index is 1390. The van der Waals surface area contributed by atoms with Gasteiger partial charge < -0.3 is 16.0 Å². The van der Waals surface area contributed by atoms with Gasteiger partial charge >= 0.3 is 0 Å². The second-order valence-electron chi connectivity index (χ2n) is 9.46. The number of benzene rings is 1. The molecular weight excluding hydrogens is 422 g/mol. The molecule has 0 atom stereocenters. The summed E-state index contributed by atoms with van der Waals surface area (Å²) in [5, 5.41) is 4.62. The molecule has 7 nitrogen and oxygen atoms in total. The van der Waals surface area contributed by atoms with Gasteiger partial charge in [-0.2, -0.15) is 0 Å². The van der Waals surface area contributed by atoms with Crippen LogP contribution in [0.3, 0.4) is 0 Å². The Balaban J connectivity index is 1.51. The first-order valence-electron chi connectivity index (χ1n) is 12.0. The molecule has 34 heavy (non-hydrogen) atoms. The molecule has 0 spiro atoms. The smallest absolute Gasteiger partial charge is 0.162 e. The molecule has 6 rings (SSSR count). The number of pyridine rings is 2. The second kappa shape index (κ2) is 8.33. The first-order valence-corrected chi connectivity index (χ1v) is 12.0. The summed E-state index contributed by atoms with van der Waals surface area (Å²) in [7, 11) is 0. The number of nitrogens with one attached hydrogen (secondary N) is 1. The first-order chi connectivity index (χ1) is 16.6. The summed E-state index contributed by atoms with van der Waals surface area (Å²) in [6, 6.07) is 8.19. The molecule has 2 fully saturated rings. The van der Waals surface area contributed by atoms with Gasteiger partial charge in [-0.3, -0.25) is 9.97 Å². The summed E-state index contributed by atoms with van der Waals surface area (Å²) in [6.45, 7) is 7.87. The SMILES string of the molecule is Cc1cc(N)c(C)c(-c2cc(-c3nc(N4CCNCC4)c4c(C5CC5)cncc4n3)ccn2)c1. The number of nitrogen functional groups attached to an aromatic ring is 1. The number of rotatable bonds is 4. The van der Waals surface area contributed by atoms with Crippen LogP contribution in [-0.2, 0) is 0 Å². The van der Waals surface area contributed by atoms with Crippen LogP contribution in [0.15, 0.2) is 42.9 Å². The van der Waals surface area contributed by atoms with Crippen LogP contribution >= 0.6 is 0 Å². The maximum Gasteiger partial charge on any atom is 0.162 e. The van der Waals surface area contributed by atoms with Crippen molar-refractivity contribution in [3.05, 3.63) is 59.5 Å². The maximum atomic E-state index is 6.25. The Morgan fingerprint density at radius 1 is 1.03 bits per heavy atom. The summed E-state index contributed by atoms with van der Waals surface area (Å²) >= 11 is 0. The predicted octanol–water partition coefficient (Wildman–Crippen LogP) is 4.24. The monoisotopic (exact) mass is 451 g/mol. The molecule has 2 aliphatic rings. The van der Waals surface area contributed by atoms with Gasteiger partial charge in [0.15, 0.2) is 5.82 Å². The minimum absolute atomic E-state index is 0.578. The fourth-order valence-electron chi connectivity index (χ4n) is 4.90. The Morgan fingerprint density at radius 3 is 2.65 bits per heavy atom. The van der Waals surface area contributed by atoms with Crippen molar-refractivity contribution in [2.45, 2.75) is 32.6 Å². The van der Waals surface area contributed by atoms with E-state index in [4.69, 9.17) is 15.7 Å². The van der Waals surface area contributed by atoms with Gasteiger partial charge in [0, 0.05) is 60.8 Å². The number of nitrogens with zero attached hydrogens (tertiary/aromatic N) is 5. The van der Waals surface area contributed by atoms with E-state index in [9.17, 15) is 0 Å². The van der Waals surface area contributed by atoms with E-state index in [1.807, 2.05) is 37.6 Å². The maximum absolute atomic E-state index is 6.25. The van der Waals surface area contributed by atoms with Crippen LogP contribution in [0, 0.1) is 13.8 Å². The Morgan fingerprint density at radius 2 is 1.85 bits per heavy atom. The average Bonchev–Trinajstić information content (AvgIpc) is 3.71. The largest absolute Gasteiger partial charge is 0.398 e. The standard InChI is InChI=1S/C27H29N7/c1-16-11-20(17(2)22(28)12-16)23-13-19(5-6-31-23)26-32-24-15-30-14-21(18-3-4-18)25(24)27(33-26)34-9-7-29-8-10-34/h5-6,11-15,18,29H,3-4,7-10,28H2,1-2H3. The number of aryl methyl sites for hydroxylation is 1. The van der Waals surface area contributed by atoms with Gasteiger partial charge in [0.1, 0.15) is 5.82 Å². The fourth-order valence-corrected chi connectivity index (χ4v) is 4.90. The molecule has 4 heterocycles. The lowest BCUT2D eigenvalue weighted by Gasteiger charge is -2.30. The molecule has 1 aliphatic carbocycles. The predicted molar refractivity (Wildman–Crippen MR) is 137 cm³/mol. The fraction of sp³-hybridized carbons (Fsp3) is 0.333. The third-order valence-electron chi connectivity index (χ3n) is 6.94. The van der Waals surface area contributed by atoms with Crippen LogP contribution in [-0.4, -0.2) is 46.1 Å². The number of piperazine rings is 1. The molecule has 0 amide bonds. The van der Waals surface area contributed by atoms with E-state index in [0.29, 0.717) is 11.7 Å². The lowest BCUT2D eigenvalue weighted by Crippen LogP contribution is -2.44. The zero-order valence-electron chi connectivity index (χ0n) is 19.7. The lowest BCUT2D eigenvalue weighted by molar-refractivity contribution is 0.586. The van der Waals surface area contributed by atoms with Crippen LogP contribution in [0.1, 0.15) is 35.4 Å². The van der Waals surface area contributed by atoms with Crippen molar-refractivity contribution < 1.29 is 0 Å². The van der Waals surface area contributed by atoms with E-state index in [1.54, 1.807) is 0 Å². The van der Waals surface area contributed by atoms with E-state index in [1.165, 1.54) is 23.8 Å².